The summed E-state index contributed by atoms with van der Waals surface area (Å²) in [6, 6.07) is 3.66. The summed E-state index contributed by atoms with van der Waals surface area (Å²) in [5.41, 5.74) is 0.858. The van der Waals surface area contributed by atoms with Crippen molar-refractivity contribution in [2.45, 2.75) is 32.8 Å². The molecule has 0 saturated carbocycles. The molecule has 116 valence electrons. The van der Waals surface area contributed by atoms with Gasteiger partial charge in [-0.15, -0.1) is 0 Å². The quantitative estimate of drug-likeness (QED) is 0.656. The number of nitrogens with zero attached hydrogens (tertiary/aromatic N) is 3. The van der Waals surface area contributed by atoms with E-state index in [0.717, 1.165) is 37.1 Å². The first-order chi connectivity index (χ1) is 10.2. The molecule has 2 heterocycles. The van der Waals surface area contributed by atoms with Crippen molar-refractivity contribution in [3.8, 4) is 0 Å². The molecule has 0 radical (unpaired) electrons. The van der Waals surface area contributed by atoms with Crippen LogP contribution in [0.2, 0.25) is 0 Å². The van der Waals surface area contributed by atoms with Gasteiger partial charge in [-0.05, 0) is 43.4 Å². The molecule has 1 aromatic rings. The third-order valence-electron chi connectivity index (χ3n) is 3.92. The average molecular weight is 290 g/mol. The molecule has 0 bridgehead atoms. The molecule has 5 nitrogen and oxygen atoms in total. The summed E-state index contributed by atoms with van der Waals surface area (Å²) in [6.07, 6.45) is 5.22. The Morgan fingerprint density at radius 1 is 1.43 bits per heavy atom. The molecule has 2 N–H and O–H groups in total. The van der Waals surface area contributed by atoms with Gasteiger partial charge in [-0.2, -0.15) is 0 Å². The molecule has 1 saturated heterocycles. The summed E-state index contributed by atoms with van der Waals surface area (Å²) in [5, 5.41) is 13.5. The van der Waals surface area contributed by atoms with Crippen LogP contribution in [-0.4, -0.2) is 47.1 Å². The lowest BCUT2D eigenvalue weighted by Crippen LogP contribution is -2.45. The van der Waals surface area contributed by atoms with Gasteiger partial charge in [0.2, 0.25) is 0 Å². The highest BCUT2D eigenvalue weighted by atomic mass is 16.3. The lowest BCUT2D eigenvalue weighted by molar-refractivity contribution is 0.186. The number of aliphatic hydroxyl groups excluding tert-OH is 1. The number of piperidine rings is 1. The third-order valence-corrected chi connectivity index (χ3v) is 3.92. The monoisotopic (exact) mass is 290 g/mol. The van der Waals surface area contributed by atoms with Crippen molar-refractivity contribution in [1.29, 1.82) is 0 Å². The van der Waals surface area contributed by atoms with Gasteiger partial charge in [0.25, 0.3) is 0 Å². The fourth-order valence-corrected chi connectivity index (χ4v) is 2.51. The van der Waals surface area contributed by atoms with Crippen LogP contribution >= 0.6 is 0 Å². The van der Waals surface area contributed by atoms with Crippen molar-refractivity contribution < 1.29 is 5.11 Å². The van der Waals surface area contributed by atoms with Crippen LogP contribution in [0.1, 0.15) is 38.4 Å². The van der Waals surface area contributed by atoms with Crippen LogP contribution in [0, 0.1) is 5.92 Å². The largest absolute Gasteiger partial charge is 0.386 e. The minimum atomic E-state index is -0.578. The molecule has 5 heteroatoms. The Balaban J connectivity index is 1.97. The minimum Gasteiger partial charge on any atom is -0.386 e. The summed E-state index contributed by atoms with van der Waals surface area (Å²) in [5.74, 6) is 1.71. The maximum atomic E-state index is 10.2. The Labute approximate surface area is 127 Å². The molecule has 0 aliphatic carbocycles. The predicted octanol–water partition coefficient (Wildman–Crippen LogP) is 1.81. The van der Waals surface area contributed by atoms with E-state index < -0.39 is 6.10 Å². The maximum absolute atomic E-state index is 10.2. The van der Waals surface area contributed by atoms with E-state index in [9.17, 15) is 5.11 Å². The Bertz CT molecular complexity index is 441. The number of rotatable bonds is 4. The van der Waals surface area contributed by atoms with Gasteiger partial charge in [0.1, 0.15) is 0 Å². The van der Waals surface area contributed by atoms with Crippen LogP contribution in [0.25, 0.3) is 0 Å². The van der Waals surface area contributed by atoms with Gasteiger partial charge in [-0.25, -0.2) is 0 Å². The molecule has 1 unspecified atom stereocenters. The molecule has 0 aromatic carbocycles. The SMILES string of the molecule is CCNC(=NCC(O)c1ccncc1)N1CCC(C)CC1. The first kappa shape index (κ1) is 15.8. The van der Waals surface area contributed by atoms with E-state index in [4.69, 9.17) is 0 Å². The van der Waals surface area contributed by atoms with Gasteiger partial charge >= 0.3 is 0 Å². The molecule has 21 heavy (non-hydrogen) atoms. The molecule has 1 aromatic heterocycles. The van der Waals surface area contributed by atoms with E-state index in [1.54, 1.807) is 12.4 Å². The van der Waals surface area contributed by atoms with Gasteiger partial charge in [0.15, 0.2) is 5.96 Å². The fraction of sp³-hybridized carbons (Fsp3) is 0.625. The van der Waals surface area contributed by atoms with Crippen molar-refractivity contribution in [2.24, 2.45) is 10.9 Å². The number of likely N-dealkylation sites (tertiary alicyclic amines) is 1. The second-order valence-corrected chi connectivity index (χ2v) is 5.66. The molecule has 1 fully saturated rings. The van der Waals surface area contributed by atoms with Gasteiger partial charge in [0, 0.05) is 32.0 Å². The highest BCUT2D eigenvalue weighted by Gasteiger charge is 2.18. The molecule has 1 atom stereocenters. The third kappa shape index (κ3) is 4.70. The fourth-order valence-electron chi connectivity index (χ4n) is 2.51. The van der Waals surface area contributed by atoms with E-state index >= 15 is 0 Å². The lowest BCUT2D eigenvalue weighted by Gasteiger charge is -2.33. The number of guanidine groups is 1. The predicted molar refractivity (Wildman–Crippen MR) is 85.1 cm³/mol. The van der Waals surface area contributed by atoms with Crippen molar-refractivity contribution in [3.05, 3.63) is 30.1 Å². The molecule has 0 amide bonds. The van der Waals surface area contributed by atoms with Gasteiger partial charge < -0.3 is 15.3 Å². The van der Waals surface area contributed by atoms with Crippen LogP contribution in [0.5, 0.6) is 0 Å². The Hall–Kier alpha value is -1.62. The summed E-state index contributed by atoms with van der Waals surface area (Å²) >= 11 is 0. The van der Waals surface area contributed by atoms with Crippen LogP contribution in [0.4, 0.5) is 0 Å². The standard InChI is InChI=1S/C16H26N4O/c1-3-18-16(20-10-6-13(2)7-11-20)19-12-15(21)14-4-8-17-9-5-14/h4-5,8-9,13,15,21H,3,6-7,10-12H2,1-2H3,(H,18,19). The zero-order valence-electron chi connectivity index (χ0n) is 13.0. The second kappa shape index (κ2) is 7.98. The van der Waals surface area contributed by atoms with Crippen LogP contribution in [0.3, 0.4) is 0 Å². The zero-order chi connectivity index (χ0) is 15.1. The number of hydrogen-bond donors (Lipinski definition) is 2. The Kier molecular flexibility index (Phi) is 5.99. The van der Waals surface area contributed by atoms with Crippen LogP contribution in [-0.2, 0) is 0 Å². The maximum Gasteiger partial charge on any atom is 0.194 e. The number of aromatic nitrogens is 1. The molecule has 0 spiro atoms. The van der Waals surface area contributed by atoms with Crippen molar-refractivity contribution in [3.63, 3.8) is 0 Å². The molecular weight excluding hydrogens is 264 g/mol. The topological polar surface area (TPSA) is 60.8 Å². The number of nitrogens with one attached hydrogen (secondary N) is 1. The van der Waals surface area contributed by atoms with Gasteiger partial charge in [0.05, 0.1) is 12.6 Å². The molecular formula is C16H26N4O. The molecule has 2 rings (SSSR count). The van der Waals surface area contributed by atoms with Crippen LogP contribution < -0.4 is 5.32 Å². The highest BCUT2D eigenvalue weighted by Crippen LogP contribution is 2.16. The smallest absolute Gasteiger partial charge is 0.194 e. The van der Waals surface area contributed by atoms with Crippen molar-refractivity contribution in [2.75, 3.05) is 26.2 Å². The lowest BCUT2D eigenvalue weighted by atomic mass is 10.00. The highest BCUT2D eigenvalue weighted by molar-refractivity contribution is 5.80. The first-order valence-corrected chi connectivity index (χ1v) is 7.82. The van der Waals surface area contributed by atoms with Crippen molar-refractivity contribution >= 4 is 5.96 Å². The summed E-state index contributed by atoms with van der Waals surface area (Å²) in [4.78, 5) is 10.9. The van der Waals surface area contributed by atoms with Gasteiger partial charge in [-0.3, -0.25) is 9.98 Å². The molecule has 1 aliphatic heterocycles. The number of hydrogen-bond acceptors (Lipinski definition) is 3. The van der Waals surface area contributed by atoms with E-state index in [0.29, 0.717) is 6.54 Å². The summed E-state index contributed by atoms with van der Waals surface area (Å²) in [7, 11) is 0. The second-order valence-electron chi connectivity index (χ2n) is 5.66. The number of pyridine rings is 1. The first-order valence-electron chi connectivity index (χ1n) is 7.82. The molecule has 1 aliphatic rings. The van der Waals surface area contributed by atoms with E-state index in [1.807, 2.05) is 12.1 Å². The average Bonchev–Trinajstić information content (AvgIpc) is 2.53. The van der Waals surface area contributed by atoms with E-state index in [2.05, 4.69) is 34.0 Å². The summed E-state index contributed by atoms with van der Waals surface area (Å²) in [6.45, 7) is 7.67. The van der Waals surface area contributed by atoms with Crippen molar-refractivity contribution in [1.82, 2.24) is 15.2 Å². The van der Waals surface area contributed by atoms with Gasteiger partial charge in [-0.1, -0.05) is 6.92 Å². The number of aliphatic hydroxyl groups is 1. The van der Waals surface area contributed by atoms with E-state index in [1.165, 1.54) is 12.8 Å². The zero-order valence-corrected chi connectivity index (χ0v) is 13.0. The van der Waals surface area contributed by atoms with E-state index in [-0.39, 0.29) is 0 Å². The minimum absolute atomic E-state index is 0.373. The van der Waals surface area contributed by atoms with Crippen LogP contribution in [0.15, 0.2) is 29.5 Å². The Morgan fingerprint density at radius 2 is 2.10 bits per heavy atom. The summed E-state index contributed by atoms with van der Waals surface area (Å²) < 4.78 is 0. The normalized spacial score (nSPS) is 18.6. The number of aliphatic imine (C=N–C) groups is 1. The Morgan fingerprint density at radius 3 is 2.71 bits per heavy atom.